The highest BCUT2D eigenvalue weighted by Crippen LogP contribution is 2.44. The first-order valence-electron chi connectivity index (χ1n) is 10.3. The number of benzene rings is 1. The molecule has 0 aromatic heterocycles. The molecule has 0 spiro atoms. The molecular weight excluding hydrogens is 388 g/mol. The van der Waals surface area contributed by atoms with Gasteiger partial charge in [0.25, 0.3) is 0 Å². The van der Waals surface area contributed by atoms with Crippen molar-refractivity contribution in [2.45, 2.75) is 33.1 Å². The van der Waals surface area contributed by atoms with Crippen LogP contribution in [0.5, 0.6) is 0 Å². The SMILES string of the molecule is CCCC1C(=O)N(CCO)C(=O)C1C1C(=O)N(c2ccc3c(c2)C(=O)C3)C(=O)C1C. The molecule has 2 fully saturated rings. The maximum atomic E-state index is 13.4. The van der Waals surface area contributed by atoms with Crippen molar-refractivity contribution in [3.63, 3.8) is 0 Å². The summed E-state index contributed by atoms with van der Waals surface area (Å²) in [5.41, 5.74) is 1.71. The lowest BCUT2D eigenvalue weighted by atomic mass is 9.76. The molecule has 2 heterocycles. The molecule has 8 heteroatoms. The van der Waals surface area contributed by atoms with Gasteiger partial charge in [-0.15, -0.1) is 0 Å². The summed E-state index contributed by atoms with van der Waals surface area (Å²) in [5, 5.41) is 9.24. The molecule has 0 saturated carbocycles. The van der Waals surface area contributed by atoms with Gasteiger partial charge in [-0.3, -0.25) is 33.8 Å². The molecule has 0 bridgehead atoms. The van der Waals surface area contributed by atoms with Gasteiger partial charge in [-0.2, -0.15) is 0 Å². The van der Waals surface area contributed by atoms with Crippen LogP contribution in [0, 0.1) is 23.7 Å². The first-order valence-corrected chi connectivity index (χ1v) is 10.3. The zero-order valence-electron chi connectivity index (χ0n) is 17.0. The molecule has 8 nitrogen and oxygen atoms in total. The minimum Gasteiger partial charge on any atom is -0.395 e. The van der Waals surface area contributed by atoms with E-state index in [0.717, 1.165) is 15.4 Å². The Hall–Kier alpha value is -2.87. The van der Waals surface area contributed by atoms with Gasteiger partial charge in [0.2, 0.25) is 23.6 Å². The van der Waals surface area contributed by atoms with E-state index in [0.29, 0.717) is 30.5 Å². The summed E-state index contributed by atoms with van der Waals surface area (Å²) in [4.78, 5) is 66.0. The lowest BCUT2D eigenvalue weighted by Gasteiger charge is -2.23. The first-order chi connectivity index (χ1) is 14.3. The molecule has 4 unspecified atom stereocenters. The van der Waals surface area contributed by atoms with Gasteiger partial charge in [0.1, 0.15) is 0 Å². The van der Waals surface area contributed by atoms with E-state index in [4.69, 9.17) is 0 Å². The molecule has 2 aliphatic heterocycles. The van der Waals surface area contributed by atoms with E-state index in [-0.39, 0.29) is 18.9 Å². The number of β-amino-alcohol motifs (C(OH)–C–C–N with tert-alkyl or cyclic N) is 1. The molecule has 2 saturated heterocycles. The normalized spacial score (nSPS) is 28.4. The van der Waals surface area contributed by atoms with Gasteiger partial charge in [0, 0.05) is 17.9 Å². The van der Waals surface area contributed by atoms with Crippen LogP contribution >= 0.6 is 0 Å². The van der Waals surface area contributed by atoms with Crippen molar-refractivity contribution < 1.29 is 29.1 Å². The first kappa shape index (κ1) is 20.4. The molecule has 1 aromatic carbocycles. The molecule has 158 valence electrons. The highest BCUT2D eigenvalue weighted by molar-refractivity contribution is 6.24. The average molecular weight is 412 g/mol. The minimum atomic E-state index is -0.948. The van der Waals surface area contributed by atoms with Gasteiger partial charge in [-0.05, 0) is 24.1 Å². The summed E-state index contributed by atoms with van der Waals surface area (Å²) in [6, 6.07) is 4.92. The maximum Gasteiger partial charge on any atom is 0.238 e. The fourth-order valence-electron chi connectivity index (χ4n) is 4.98. The molecule has 1 N–H and O–H groups in total. The highest BCUT2D eigenvalue weighted by Gasteiger charge is 2.59. The van der Waals surface area contributed by atoms with E-state index in [1.807, 2.05) is 6.92 Å². The fourth-order valence-corrected chi connectivity index (χ4v) is 4.98. The standard InChI is InChI=1S/C22H24N2O6/c1-3-4-14-18(21(29)23(7-8-25)20(14)28)17-11(2)19(27)24(22(17)30)13-6-5-12-9-16(26)15(12)10-13/h5-6,10-11,14,17-18,25H,3-4,7-9H2,1-2H3. The van der Waals surface area contributed by atoms with Crippen LogP contribution in [0.15, 0.2) is 18.2 Å². The lowest BCUT2D eigenvalue weighted by molar-refractivity contribution is -0.142. The molecule has 4 atom stereocenters. The second-order valence-corrected chi connectivity index (χ2v) is 8.24. The number of carbonyl (C=O) groups is 5. The van der Waals surface area contributed by atoms with Crippen molar-refractivity contribution in [3.8, 4) is 0 Å². The van der Waals surface area contributed by atoms with Gasteiger partial charge in [0.15, 0.2) is 5.78 Å². The number of anilines is 1. The third kappa shape index (κ3) is 2.81. The maximum absolute atomic E-state index is 13.4. The van der Waals surface area contributed by atoms with Crippen LogP contribution in [0.25, 0.3) is 0 Å². The van der Waals surface area contributed by atoms with Crippen molar-refractivity contribution in [1.82, 2.24) is 4.90 Å². The van der Waals surface area contributed by atoms with E-state index in [1.54, 1.807) is 25.1 Å². The molecular formula is C22H24N2O6. The largest absolute Gasteiger partial charge is 0.395 e. The van der Waals surface area contributed by atoms with Gasteiger partial charge >= 0.3 is 0 Å². The van der Waals surface area contributed by atoms with E-state index < -0.39 is 47.3 Å². The third-order valence-electron chi connectivity index (χ3n) is 6.54. The van der Waals surface area contributed by atoms with Gasteiger partial charge in [-0.1, -0.05) is 26.3 Å². The van der Waals surface area contributed by atoms with Crippen LogP contribution in [-0.2, 0) is 25.6 Å². The number of Topliss-reactive ketones (excluding diaryl/α,β-unsaturated/α-hetero) is 1. The number of hydrogen-bond donors (Lipinski definition) is 1. The fraction of sp³-hybridized carbons (Fsp3) is 0.500. The summed E-state index contributed by atoms with van der Waals surface area (Å²) < 4.78 is 0. The number of amides is 4. The molecule has 30 heavy (non-hydrogen) atoms. The Bertz CT molecular complexity index is 970. The highest BCUT2D eigenvalue weighted by atomic mass is 16.3. The Morgan fingerprint density at radius 3 is 2.37 bits per heavy atom. The number of aliphatic hydroxyl groups excluding tert-OH is 1. The second-order valence-electron chi connectivity index (χ2n) is 8.24. The van der Waals surface area contributed by atoms with Crippen molar-refractivity contribution in [1.29, 1.82) is 0 Å². The van der Waals surface area contributed by atoms with E-state index in [2.05, 4.69) is 0 Å². The average Bonchev–Trinajstić information content (AvgIpc) is 3.06. The van der Waals surface area contributed by atoms with Crippen LogP contribution < -0.4 is 4.90 Å². The second kappa shape index (κ2) is 7.43. The Labute approximate surface area is 173 Å². The molecule has 4 amide bonds. The number of rotatable bonds is 6. The predicted molar refractivity (Wildman–Crippen MR) is 105 cm³/mol. The van der Waals surface area contributed by atoms with Gasteiger partial charge < -0.3 is 5.11 Å². The minimum absolute atomic E-state index is 0.0326. The van der Waals surface area contributed by atoms with Gasteiger partial charge in [-0.25, -0.2) is 0 Å². The number of imide groups is 2. The molecule has 1 aromatic rings. The Morgan fingerprint density at radius 1 is 1.00 bits per heavy atom. The number of ketones is 1. The molecule has 1 aliphatic carbocycles. The summed E-state index contributed by atoms with van der Waals surface area (Å²) >= 11 is 0. The lowest BCUT2D eigenvalue weighted by Crippen LogP contribution is -2.38. The Kier molecular flexibility index (Phi) is 5.05. The van der Waals surface area contributed by atoms with Crippen LogP contribution in [-0.4, -0.2) is 52.6 Å². The summed E-state index contributed by atoms with van der Waals surface area (Å²) in [5.74, 6) is -5.20. The zero-order valence-corrected chi connectivity index (χ0v) is 17.0. The van der Waals surface area contributed by atoms with Crippen molar-refractivity contribution >= 4 is 35.1 Å². The number of nitrogens with zero attached hydrogens (tertiary/aromatic N) is 2. The number of aliphatic hydroxyl groups is 1. The van der Waals surface area contributed by atoms with Gasteiger partial charge in [0.05, 0.1) is 36.6 Å². The Balaban J connectivity index is 1.69. The topological polar surface area (TPSA) is 112 Å². The van der Waals surface area contributed by atoms with Crippen molar-refractivity contribution in [3.05, 3.63) is 29.3 Å². The molecule has 0 radical (unpaired) electrons. The van der Waals surface area contributed by atoms with Crippen LogP contribution in [0.3, 0.4) is 0 Å². The number of hydrogen-bond acceptors (Lipinski definition) is 6. The van der Waals surface area contributed by atoms with E-state index in [9.17, 15) is 29.1 Å². The van der Waals surface area contributed by atoms with Crippen molar-refractivity contribution in [2.75, 3.05) is 18.1 Å². The van der Waals surface area contributed by atoms with Crippen LogP contribution in [0.4, 0.5) is 5.69 Å². The third-order valence-corrected chi connectivity index (χ3v) is 6.54. The summed E-state index contributed by atoms with van der Waals surface area (Å²) in [6.45, 7) is 3.02. The van der Waals surface area contributed by atoms with E-state index in [1.165, 1.54) is 0 Å². The summed E-state index contributed by atoms with van der Waals surface area (Å²) in [6.07, 6.45) is 1.43. The number of likely N-dealkylation sites (tertiary alicyclic amines) is 1. The smallest absolute Gasteiger partial charge is 0.238 e. The quantitative estimate of drug-likeness (QED) is 0.696. The number of carbonyl (C=O) groups excluding carboxylic acids is 5. The van der Waals surface area contributed by atoms with Crippen molar-refractivity contribution in [2.24, 2.45) is 23.7 Å². The molecule has 3 aliphatic rings. The monoisotopic (exact) mass is 412 g/mol. The van der Waals surface area contributed by atoms with Crippen LogP contribution in [0.1, 0.15) is 42.6 Å². The Morgan fingerprint density at radius 2 is 1.73 bits per heavy atom. The number of fused-ring (bicyclic) bond motifs is 1. The van der Waals surface area contributed by atoms with Crippen LogP contribution in [0.2, 0.25) is 0 Å². The van der Waals surface area contributed by atoms with E-state index >= 15 is 0 Å². The summed E-state index contributed by atoms with van der Waals surface area (Å²) in [7, 11) is 0. The zero-order chi connectivity index (χ0) is 21.7. The predicted octanol–water partition coefficient (Wildman–Crippen LogP) is 0.944. The molecule has 4 rings (SSSR count).